The van der Waals surface area contributed by atoms with Crippen LogP contribution in [0.2, 0.25) is 0 Å². The van der Waals surface area contributed by atoms with E-state index in [-0.39, 0.29) is 11.9 Å². The van der Waals surface area contributed by atoms with Crippen molar-refractivity contribution in [3.63, 3.8) is 0 Å². The van der Waals surface area contributed by atoms with Crippen LogP contribution in [0, 0.1) is 0 Å². The molecule has 96 valence electrons. The van der Waals surface area contributed by atoms with E-state index in [0.717, 1.165) is 5.56 Å². The van der Waals surface area contributed by atoms with Crippen molar-refractivity contribution in [3.05, 3.63) is 42.7 Å². The summed E-state index contributed by atoms with van der Waals surface area (Å²) in [6.45, 7) is 0. The molecule has 6 N–H and O–H groups in total. The zero-order valence-electron chi connectivity index (χ0n) is 10.1. The van der Waals surface area contributed by atoms with Gasteiger partial charge in [-0.2, -0.15) is 4.99 Å². The Morgan fingerprint density at radius 2 is 1.74 bits per heavy atom. The summed E-state index contributed by atoms with van der Waals surface area (Å²) in [4.78, 5) is 16.0. The first kappa shape index (κ1) is 12.5. The Morgan fingerprint density at radius 3 is 2.42 bits per heavy atom. The Morgan fingerprint density at radius 1 is 1.00 bits per heavy atom. The number of hydrogen-bond acceptors (Lipinski definition) is 3. The maximum absolute atomic E-state index is 5.57. The van der Waals surface area contributed by atoms with Gasteiger partial charge in [0, 0.05) is 18.0 Å². The van der Waals surface area contributed by atoms with E-state index in [0.29, 0.717) is 11.5 Å². The average molecular weight is 255 g/mol. The van der Waals surface area contributed by atoms with Crippen LogP contribution in [0.25, 0.3) is 11.4 Å². The second-order valence-corrected chi connectivity index (χ2v) is 3.63. The molecule has 0 saturated heterocycles. The molecule has 1 aromatic heterocycles. The highest BCUT2D eigenvalue weighted by atomic mass is 15.1. The van der Waals surface area contributed by atoms with E-state index in [2.05, 4.69) is 20.0 Å². The van der Waals surface area contributed by atoms with Crippen molar-refractivity contribution in [3.8, 4) is 11.4 Å². The zero-order valence-corrected chi connectivity index (χ0v) is 10.1. The first-order chi connectivity index (χ1) is 9.15. The maximum Gasteiger partial charge on any atom is 0.223 e. The van der Waals surface area contributed by atoms with Crippen molar-refractivity contribution in [1.82, 2.24) is 9.97 Å². The van der Waals surface area contributed by atoms with Gasteiger partial charge < -0.3 is 17.2 Å². The summed E-state index contributed by atoms with van der Waals surface area (Å²) in [5.41, 5.74) is 17.4. The van der Waals surface area contributed by atoms with Gasteiger partial charge in [0.25, 0.3) is 0 Å². The third-order valence-corrected chi connectivity index (χ3v) is 2.16. The Kier molecular flexibility index (Phi) is 3.67. The molecule has 0 aliphatic heterocycles. The van der Waals surface area contributed by atoms with Gasteiger partial charge in [0.2, 0.25) is 5.96 Å². The van der Waals surface area contributed by atoms with Crippen molar-refractivity contribution in [2.75, 3.05) is 0 Å². The molecule has 0 aliphatic carbocycles. The Hall–Kier alpha value is -2.96. The van der Waals surface area contributed by atoms with E-state index >= 15 is 0 Å². The van der Waals surface area contributed by atoms with Gasteiger partial charge >= 0.3 is 0 Å². The second kappa shape index (κ2) is 5.58. The number of hydrogen-bond donors (Lipinski definition) is 3. The zero-order chi connectivity index (χ0) is 13.7. The molecule has 0 saturated carbocycles. The molecule has 2 aromatic rings. The highest BCUT2D eigenvalue weighted by molar-refractivity contribution is 5.93. The first-order valence-corrected chi connectivity index (χ1v) is 5.46. The third kappa shape index (κ3) is 3.50. The number of aliphatic imine (C=N–C) groups is 2. The molecule has 0 fully saturated rings. The van der Waals surface area contributed by atoms with Crippen molar-refractivity contribution < 1.29 is 0 Å². The molecular weight excluding hydrogens is 242 g/mol. The number of nitrogens with zero attached hydrogens (tertiary/aromatic N) is 4. The number of guanidine groups is 2. The standard InChI is InChI=1S/C12H13N7/c13-11(14)19-12(15)18-9-4-1-3-8(7-9)10-16-5-2-6-17-10/h1-7H,(H6,13,14,15,18,19). The fourth-order valence-corrected chi connectivity index (χ4v) is 1.45. The molecule has 1 aromatic carbocycles. The molecule has 1 heterocycles. The van der Waals surface area contributed by atoms with Crippen molar-refractivity contribution >= 4 is 17.6 Å². The van der Waals surface area contributed by atoms with E-state index in [1.54, 1.807) is 30.6 Å². The monoisotopic (exact) mass is 255 g/mol. The molecule has 7 nitrogen and oxygen atoms in total. The average Bonchev–Trinajstić information content (AvgIpc) is 2.39. The first-order valence-electron chi connectivity index (χ1n) is 5.46. The van der Waals surface area contributed by atoms with Crippen molar-refractivity contribution in [1.29, 1.82) is 0 Å². The van der Waals surface area contributed by atoms with Crippen LogP contribution in [0.5, 0.6) is 0 Å². The summed E-state index contributed by atoms with van der Waals surface area (Å²) >= 11 is 0. The summed E-state index contributed by atoms with van der Waals surface area (Å²) in [7, 11) is 0. The lowest BCUT2D eigenvalue weighted by molar-refractivity contribution is 1.18. The van der Waals surface area contributed by atoms with Crippen LogP contribution < -0.4 is 17.2 Å². The van der Waals surface area contributed by atoms with Crippen LogP contribution >= 0.6 is 0 Å². The van der Waals surface area contributed by atoms with E-state index in [1.807, 2.05) is 12.1 Å². The largest absolute Gasteiger partial charge is 0.370 e. The summed E-state index contributed by atoms with van der Waals surface area (Å²) in [6, 6.07) is 9.03. The number of benzene rings is 1. The minimum atomic E-state index is -0.135. The molecule has 7 heteroatoms. The molecule has 0 aliphatic rings. The Balaban J connectivity index is 2.33. The molecule has 0 bridgehead atoms. The van der Waals surface area contributed by atoms with Gasteiger partial charge in [0.1, 0.15) is 0 Å². The quantitative estimate of drug-likeness (QED) is 0.527. The van der Waals surface area contributed by atoms with Crippen molar-refractivity contribution in [2.24, 2.45) is 27.2 Å². The molecule has 0 atom stereocenters. The number of aromatic nitrogens is 2. The lowest BCUT2D eigenvalue weighted by atomic mass is 10.2. The maximum atomic E-state index is 5.57. The number of nitrogens with two attached hydrogens (primary N) is 3. The third-order valence-electron chi connectivity index (χ3n) is 2.16. The summed E-state index contributed by atoms with van der Waals surface area (Å²) < 4.78 is 0. The summed E-state index contributed by atoms with van der Waals surface area (Å²) in [5, 5.41) is 0. The molecule has 0 unspecified atom stereocenters. The van der Waals surface area contributed by atoms with E-state index in [9.17, 15) is 0 Å². The van der Waals surface area contributed by atoms with Crippen LogP contribution in [0.3, 0.4) is 0 Å². The topological polar surface area (TPSA) is 129 Å². The van der Waals surface area contributed by atoms with Crippen molar-refractivity contribution in [2.45, 2.75) is 0 Å². The fourth-order valence-electron chi connectivity index (χ4n) is 1.45. The Labute approximate surface area is 109 Å². The van der Waals surface area contributed by atoms with Gasteiger partial charge in [0.05, 0.1) is 5.69 Å². The molecule has 0 amide bonds. The van der Waals surface area contributed by atoms with E-state index < -0.39 is 0 Å². The van der Waals surface area contributed by atoms with E-state index in [4.69, 9.17) is 17.2 Å². The van der Waals surface area contributed by atoms with Gasteiger partial charge in [-0.1, -0.05) is 12.1 Å². The SMILES string of the molecule is NC(N)=NC(N)=Nc1cccc(-c2ncccn2)c1. The lowest BCUT2D eigenvalue weighted by Gasteiger charge is -2.01. The second-order valence-electron chi connectivity index (χ2n) is 3.63. The highest BCUT2D eigenvalue weighted by Crippen LogP contribution is 2.20. The summed E-state index contributed by atoms with van der Waals surface area (Å²) in [6.07, 6.45) is 3.35. The van der Waals surface area contributed by atoms with Crippen LogP contribution in [0.15, 0.2) is 52.7 Å². The smallest absolute Gasteiger partial charge is 0.223 e. The molecule has 19 heavy (non-hydrogen) atoms. The highest BCUT2D eigenvalue weighted by Gasteiger charge is 2.01. The predicted octanol–water partition coefficient (Wildman–Crippen LogP) is 0.363. The van der Waals surface area contributed by atoms with Gasteiger partial charge in [-0.3, -0.25) is 0 Å². The number of rotatable bonds is 2. The fraction of sp³-hybridized carbons (Fsp3) is 0. The van der Waals surface area contributed by atoms with Gasteiger partial charge in [-0.25, -0.2) is 15.0 Å². The van der Waals surface area contributed by atoms with Gasteiger partial charge in [-0.15, -0.1) is 0 Å². The minimum absolute atomic E-state index is 0.00821. The van der Waals surface area contributed by atoms with Crippen LogP contribution in [-0.4, -0.2) is 21.9 Å². The summed E-state index contributed by atoms with van der Waals surface area (Å²) in [5.74, 6) is 0.467. The van der Waals surface area contributed by atoms with Gasteiger partial charge in [-0.05, 0) is 18.2 Å². The van der Waals surface area contributed by atoms with E-state index in [1.165, 1.54) is 0 Å². The molecule has 2 rings (SSSR count). The normalized spacial score (nSPS) is 11.1. The predicted molar refractivity (Wildman–Crippen MR) is 74.6 cm³/mol. The Bertz CT molecular complexity index is 615. The van der Waals surface area contributed by atoms with Crippen LogP contribution in [-0.2, 0) is 0 Å². The van der Waals surface area contributed by atoms with Crippen LogP contribution in [0.4, 0.5) is 5.69 Å². The van der Waals surface area contributed by atoms with Crippen LogP contribution in [0.1, 0.15) is 0 Å². The molecule has 0 spiro atoms. The molecular formula is C12H13N7. The minimum Gasteiger partial charge on any atom is -0.370 e. The molecule has 0 radical (unpaired) electrons. The van der Waals surface area contributed by atoms with Gasteiger partial charge in [0.15, 0.2) is 11.8 Å². The lowest BCUT2D eigenvalue weighted by Crippen LogP contribution is -2.26.